The average molecular weight is 279 g/mol. The van der Waals surface area contributed by atoms with Gasteiger partial charge < -0.3 is 16.0 Å². The average Bonchev–Trinajstić information content (AvgIpc) is 2.93. The van der Waals surface area contributed by atoms with E-state index in [-0.39, 0.29) is 11.6 Å². The molecule has 1 aromatic carbocycles. The minimum atomic E-state index is -0.401. The van der Waals surface area contributed by atoms with E-state index in [0.717, 1.165) is 6.54 Å². The van der Waals surface area contributed by atoms with Gasteiger partial charge in [0.05, 0.1) is 11.4 Å². The van der Waals surface area contributed by atoms with Gasteiger partial charge in [-0.25, -0.2) is 4.39 Å². The molecule has 0 radical (unpaired) electrons. The van der Waals surface area contributed by atoms with Gasteiger partial charge in [-0.1, -0.05) is 12.8 Å². The van der Waals surface area contributed by atoms with Crippen LogP contribution in [-0.2, 0) is 4.79 Å². The van der Waals surface area contributed by atoms with Gasteiger partial charge in [0.15, 0.2) is 0 Å². The molecule has 20 heavy (non-hydrogen) atoms. The molecule has 110 valence electrons. The lowest BCUT2D eigenvalue weighted by molar-refractivity contribution is -0.116. The van der Waals surface area contributed by atoms with Gasteiger partial charge >= 0.3 is 0 Å². The summed E-state index contributed by atoms with van der Waals surface area (Å²) in [4.78, 5) is 14.1. The molecule has 1 amide bonds. The summed E-state index contributed by atoms with van der Waals surface area (Å²) in [6, 6.07) is 4.60. The molecular formula is C15H22FN3O. The fraction of sp³-hybridized carbons (Fsp3) is 0.533. The number of halogens is 1. The Morgan fingerprint density at radius 1 is 1.45 bits per heavy atom. The predicted octanol–water partition coefficient (Wildman–Crippen LogP) is 2.61. The van der Waals surface area contributed by atoms with E-state index in [1.165, 1.54) is 43.9 Å². The summed E-state index contributed by atoms with van der Waals surface area (Å²) in [6.45, 7) is 0.734. The van der Waals surface area contributed by atoms with E-state index in [2.05, 4.69) is 17.3 Å². The number of amides is 1. The normalized spacial score (nSPS) is 15.8. The Morgan fingerprint density at radius 3 is 2.80 bits per heavy atom. The quantitative estimate of drug-likeness (QED) is 0.815. The van der Waals surface area contributed by atoms with Gasteiger partial charge in [-0.15, -0.1) is 0 Å². The molecule has 0 unspecified atom stereocenters. The summed E-state index contributed by atoms with van der Waals surface area (Å²) in [7, 11) is 2.07. The molecule has 1 aliphatic rings. The number of benzene rings is 1. The van der Waals surface area contributed by atoms with Gasteiger partial charge in [0.1, 0.15) is 5.82 Å². The molecule has 3 N–H and O–H groups in total. The summed E-state index contributed by atoms with van der Waals surface area (Å²) in [5.74, 6) is -0.491. The Hall–Kier alpha value is -1.62. The van der Waals surface area contributed by atoms with E-state index in [1.807, 2.05) is 0 Å². The van der Waals surface area contributed by atoms with E-state index in [1.54, 1.807) is 0 Å². The molecule has 0 heterocycles. The van der Waals surface area contributed by atoms with Gasteiger partial charge in [-0.2, -0.15) is 0 Å². The number of anilines is 2. The van der Waals surface area contributed by atoms with Crippen molar-refractivity contribution >= 4 is 17.3 Å². The number of nitrogens with two attached hydrogens (primary N) is 1. The van der Waals surface area contributed by atoms with E-state index < -0.39 is 5.82 Å². The molecule has 2 rings (SSSR count). The molecule has 1 fully saturated rings. The minimum Gasteiger partial charge on any atom is -0.397 e. The van der Waals surface area contributed by atoms with Crippen LogP contribution in [0.15, 0.2) is 18.2 Å². The van der Waals surface area contributed by atoms with Gasteiger partial charge in [0.2, 0.25) is 5.91 Å². The molecule has 1 aliphatic carbocycles. The molecule has 5 heteroatoms. The highest BCUT2D eigenvalue weighted by Gasteiger charge is 2.19. The van der Waals surface area contributed by atoms with Crippen LogP contribution in [0.25, 0.3) is 0 Å². The van der Waals surface area contributed by atoms with Crippen LogP contribution in [0, 0.1) is 5.82 Å². The summed E-state index contributed by atoms with van der Waals surface area (Å²) in [6.07, 6.45) is 5.44. The third-order valence-corrected chi connectivity index (χ3v) is 3.93. The second kappa shape index (κ2) is 6.70. The van der Waals surface area contributed by atoms with Crippen LogP contribution in [0.1, 0.15) is 32.1 Å². The molecule has 0 atom stereocenters. The van der Waals surface area contributed by atoms with Crippen molar-refractivity contribution in [2.45, 2.75) is 38.1 Å². The van der Waals surface area contributed by atoms with Crippen LogP contribution in [0.5, 0.6) is 0 Å². The molecule has 1 saturated carbocycles. The number of nitrogens with one attached hydrogen (secondary N) is 1. The van der Waals surface area contributed by atoms with Gasteiger partial charge in [0, 0.05) is 19.0 Å². The van der Waals surface area contributed by atoms with Crippen LogP contribution in [0.3, 0.4) is 0 Å². The number of nitrogen functional groups attached to an aromatic ring is 1. The van der Waals surface area contributed by atoms with Crippen LogP contribution in [0.2, 0.25) is 0 Å². The number of hydrogen-bond acceptors (Lipinski definition) is 3. The maximum atomic E-state index is 12.9. The van der Waals surface area contributed by atoms with Gasteiger partial charge in [-0.3, -0.25) is 4.79 Å². The van der Waals surface area contributed by atoms with Crippen molar-refractivity contribution < 1.29 is 9.18 Å². The first-order valence-electron chi connectivity index (χ1n) is 7.11. The van der Waals surface area contributed by atoms with Crippen LogP contribution >= 0.6 is 0 Å². The zero-order valence-corrected chi connectivity index (χ0v) is 11.9. The Bertz CT molecular complexity index is 472. The first-order valence-corrected chi connectivity index (χ1v) is 7.11. The molecular weight excluding hydrogens is 257 g/mol. The fourth-order valence-electron chi connectivity index (χ4n) is 2.67. The summed E-state index contributed by atoms with van der Waals surface area (Å²) < 4.78 is 12.9. The molecule has 0 aliphatic heterocycles. The lowest BCUT2D eigenvalue weighted by Gasteiger charge is -2.23. The van der Waals surface area contributed by atoms with E-state index in [9.17, 15) is 9.18 Å². The fourth-order valence-corrected chi connectivity index (χ4v) is 2.67. The summed E-state index contributed by atoms with van der Waals surface area (Å²) >= 11 is 0. The maximum absolute atomic E-state index is 12.9. The van der Waals surface area contributed by atoms with E-state index in [0.29, 0.717) is 18.2 Å². The zero-order valence-electron chi connectivity index (χ0n) is 11.9. The molecule has 0 bridgehead atoms. The SMILES string of the molecule is CN(CCC(=O)Nc1ccc(F)cc1N)C1CCCC1. The largest absolute Gasteiger partial charge is 0.397 e. The molecule has 0 saturated heterocycles. The second-order valence-electron chi connectivity index (χ2n) is 5.45. The predicted molar refractivity (Wildman–Crippen MR) is 78.9 cm³/mol. The first-order chi connectivity index (χ1) is 9.56. The number of carbonyl (C=O) groups excluding carboxylic acids is 1. The van der Waals surface area contributed by atoms with Gasteiger partial charge in [-0.05, 0) is 38.1 Å². The lowest BCUT2D eigenvalue weighted by Crippen LogP contribution is -2.32. The van der Waals surface area contributed by atoms with Crippen LogP contribution in [-0.4, -0.2) is 30.4 Å². The molecule has 0 aromatic heterocycles. The summed E-state index contributed by atoms with van der Waals surface area (Å²) in [5, 5.41) is 2.73. The highest BCUT2D eigenvalue weighted by Crippen LogP contribution is 2.23. The van der Waals surface area contributed by atoms with Crippen molar-refractivity contribution in [3.05, 3.63) is 24.0 Å². The Balaban J connectivity index is 1.80. The Labute approximate surface area is 119 Å². The molecule has 4 nitrogen and oxygen atoms in total. The minimum absolute atomic E-state index is 0.0897. The molecule has 1 aromatic rings. The number of nitrogens with zero attached hydrogens (tertiary/aromatic N) is 1. The summed E-state index contributed by atoms with van der Waals surface area (Å²) in [5.41, 5.74) is 6.38. The third-order valence-electron chi connectivity index (χ3n) is 3.93. The topological polar surface area (TPSA) is 58.4 Å². The Kier molecular flexibility index (Phi) is 4.95. The maximum Gasteiger partial charge on any atom is 0.225 e. The van der Waals surface area contributed by atoms with E-state index >= 15 is 0 Å². The highest BCUT2D eigenvalue weighted by molar-refractivity contribution is 5.93. The number of hydrogen-bond donors (Lipinski definition) is 2. The highest BCUT2D eigenvalue weighted by atomic mass is 19.1. The molecule has 0 spiro atoms. The van der Waals surface area contributed by atoms with Crippen LogP contribution < -0.4 is 11.1 Å². The van der Waals surface area contributed by atoms with Crippen molar-refractivity contribution in [1.29, 1.82) is 0 Å². The lowest BCUT2D eigenvalue weighted by atomic mass is 10.2. The Morgan fingerprint density at radius 2 is 2.15 bits per heavy atom. The van der Waals surface area contributed by atoms with Crippen molar-refractivity contribution in [1.82, 2.24) is 4.90 Å². The number of rotatable bonds is 5. The monoisotopic (exact) mass is 279 g/mol. The van der Waals surface area contributed by atoms with Crippen LogP contribution in [0.4, 0.5) is 15.8 Å². The number of carbonyl (C=O) groups is 1. The van der Waals surface area contributed by atoms with Crippen molar-refractivity contribution in [3.8, 4) is 0 Å². The van der Waals surface area contributed by atoms with Crippen molar-refractivity contribution in [2.75, 3.05) is 24.6 Å². The van der Waals surface area contributed by atoms with Gasteiger partial charge in [0.25, 0.3) is 0 Å². The van der Waals surface area contributed by atoms with Crippen molar-refractivity contribution in [2.24, 2.45) is 0 Å². The van der Waals surface area contributed by atoms with E-state index in [4.69, 9.17) is 5.73 Å². The first kappa shape index (κ1) is 14.8. The standard InChI is InChI=1S/C15H22FN3O/c1-19(12-4-2-3-5-12)9-8-15(20)18-14-7-6-11(16)10-13(14)17/h6-7,10,12H,2-5,8-9,17H2,1H3,(H,18,20). The van der Waals surface area contributed by atoms with Crippen molar-refractivity contribution in [3.63, 3.8) is 0 Å². The zero-order chi connectivity index (χ0) is 14.5. The third kappa shape index (κ3) is 3.93. The smallest absolute Gasteiger partial charge is 0.225 e. The second-order valence-corrected chi connectivity index (χ2v) is 5.45.